The number of rotatable bonds is 0. The van der Waals surface area contributed by atoms with E-state index in [0.717, 1.165) is 0 Å². The molecule has 5 nitrogen and oxygen atoms in total. The number of nitriles is 1. The van der Waals surface area contributed by atoms with E-state index in [-0.39, 0.29) is 5.56 Å². The Morgan fingerprint density at radius 1 is 1.67 bits per heavy atom. The van der Waals surface area contributed by atoms with E-state index in [0.29, 0.717) is 11.2 Å². The molecule has 0 atom stereocenters. The van der Waals surface area contributed by atoms with Crippen LogP contribution >= 0.6 is 0 Å². The molecule has 0 saturated carbocycles. The molecule has 2 aromatic heterocycles. The number of hydrogen-bond acceptors (Lipinski definition) is 3. The van der Waals surface area contributed by atoms with Crippen LogP contribution in [0.5, 0.6) is 0 Å². The van der Waals surface area contributed by atoms with Gasteiger partial charge in [-0.3, -0.25) is 4.79 Å². The monoisotopic (exact) mass is 160 g/mol. The summed E-state index contributed by atoms with van der Waals surface area (Å²) >= 11 is 0. The van der Waals surface area contributed by atoms with Gasteiger partial charge in [-0.1, -0.05) is 0 Å². The molecule has 0 aliphatic carbocycles. The number of hydrogen-bond donors (Lipinski definition) is 1. The Bertz CT molecular complexity index is 516. The summed E-state index contributed by atoms with van der Waals surface area (Å²) in [5, 5.41) is 12.4. The molecule has 0 fully saturated rings. The van der Waals surface area contributed by atoms with Crippen LogP contribution in [0.3, 0.4) is 0 Å². The third-order valence-electron chi connectivity index (χ3n) is 1.52. The highest BCUT2D eigenvalue weighted by molar-refractivity contribution is 5.52. The summed E-state index contributed by atoms with van der Waals surface area (Å²) in [5.41, 5.74) is 0.567. The lowest BCUT2D eigenvalue weighted by Crippen LogP contribution is -2.06. The predicted molar refractivity (Wildman–Crippen MR) is 40.5 cm³/mol. The van der Waals surface area contributed by atoms with Crippen LogP contribution in [0, 0.1) is 11.3 Å². The maximum Gasteiger partial charge on any atom is 0.251 e. The van der Waals surface area contributed by atoms with E-state index in [9.17, 15) is 4.79 Å². The minimum Gasteiger partial charge on any atom is -0.306 e. The van der Waals surface area contributed by atoms with Crippen molar-refractivity contribution >= 4 is 5.65 Å². The van der Waals surface area contributed by atoms with Crippen molar-refractivity contribution in [3.63, 3.8) is 0 Å². The fourth-order valence-electron chi connectivity index (χ4n) is 0.978. The molecule has 58 valence electrons. The van der Waals surface area contributed by atoms with Gasteiger partial charge in [-0.05, 0) is 0 Å². The van der Waals surface area contributed by atoms with Crippen molar-refractivity contribution in [2.24, 2.45) is 0 Å². The highest BCUT2D eigenvalue weighted by atomic mass is 16.1. The number of H-pyrrole nitrogens is 1. The van der Waals surface area contributed by atoms with Gasteiger partial charge in [-0.15, -0.1) is 0 Å². The molecule has 2 rings (SSSR count). The lowest BCUT2D eigenvalue weighted by molar-refractivity contribution is 0.931. The Labute approximate surface area is 66.9 Å². The number of aromatic amines is 1. The molecule has 0 amide bonds. The zero-order valence-corrected chi connectivity index (χ0v) is 5.98. The Balaban J connectivity index is 2.95. The fourth-order valence-corrected chi connectivity index (χ4v) is 0.978. The summed E-state index contributed by atoms with van der Waals surface area (Å²) in [4.78, 5) is 13.4. The first-order valence-electron chi connectivity index (χ1n) is 3.28. The molecule has 0 saturated heterocycles. The van der Waals surface area contributed by atoms with E-state index in [1.165, 1.54) is 23.0 Å². The average Bonchev–Trinajstić information content (AvgIpc) is 2.46. The lowest BCUT2D eigenvalue weighted by atomic mass is 10.4. The largest absolute Gasteiger partial charge is 0.306 e. The predicted octanol–water partition coefficient (Wildman–Crippen LogP) is -0.106. The highest BCUT2D eigenvalue weighted by Gasteiger charge is 2.01. The van der Waals surface area contributed by atoms with Gasteiger partial charge in [0, 0.05) is 12.3 Å². The molecule has 0 radical (unpaired) electrons. The van der Waals surface area contributed by atoms with Crippen molar-refractivity contribution in [2.75, 3.05) is 0 Å². The number of nitrogens with one attached hydrogen (secondary N) is 1. The smallest absolute Gasteiger partial charge is 0.251 e. The standard InChI is InChI=1S/C7H4N4O/c8-3-5-4-9-11-2-1-6(12)10-7(5)11/h1-2,4H,(H,10,12). The van der Waals surface area contributed by atoms with Crippen molar-refractivity contribution < 1.29 is 0 Å². The van der Waals surface area contributed by atoms with E-state index in [1.807, 2.05) is 6.07 Å². The highest BCUT2D eigenvalue weighted by Crippen LogP contribution is 2.01. The molecule has 0 aliphatic heterocycles. The van der Waals surface area contributed by atoms with Crippen LogP contribution in [0.15, 0.2) is 23.3 Å². The van der Waals surface area contributed by atoms with Gasteiger partial charge in [-0.2, -0.15) is 10.4 Å². The van der Waals surface area contributed by atoms with E-state index >= 15 is 0 Å². The molecular formula is C7H4N4O. The van der Waals surface area contributed by atoms with Gasteiger partial charge in [-0.25, -0.2) is 4.52 Å². The first-order chi connectivity index (χ1) is 5.81. The van der Waals surface area contributed by atoms with Crippen molar-refractivity contribution in [1.29, 1.82) is 5.26 Å². The second-order valence-electron chi connectivity index (χ2n) is 2.27. The van der Waals surface area contributed by atoms with Gasteiger partial charge in [0.25, 0.3) is 5.56 Å². The Morgan fingerprint density at radius 2 is 2.50 bits per heavy atom. The van der Waals surface area contributed by atoms with Crippen LogP contribution in [0.4, 0.5) is 0 Å². The van der Waals surface area contributed by atoms with E-state index in [4.69, 9.17) is 5.26 Å². The Hall–Kier alpha value is -2.09. The van der Waals surface area contributed by atoms with Crippen LogP contribution < -0.4 is 5.56 Å². The molecular weight excluding hydrogens is 156 g/mol. The third-order valence-corrected chi connectivity index (χ3v) is 1.52. The second-order valence-corrected chi connectivity index (χ2v) is 2.27. The summed E-state index contributed by atoms with van der Waals surface area (Å²) in [6, 6.07) is 3.27. The van der Waals surface area contributed by atoms with E-state index < -0.39 is 0 Å². The summed E-state index contributed by atoms with van der Waals surface area (Å²) in [5.74, 6) is 0. The quantitative estimate of drug-likeness (QED) is 0.584. The average molecular weight is 160 g/mol. The lowest BCUT2D eigenvalue weighted by Gasteiger charge is -1.89. The maximum atomic E-state index is 10.8. The van der Waals surface area contributed by atoms with Crippen LogP contribution in [-0.4, -0.2) is 14.6 Å². The first-order valence-corrected chi connectivity index (χ1v) is 3.28. The molecule has 0 aromatic carbocycles. The Morgan fingerprint density at radius 3 is 3.25 bits per heavy atom. The van der Waals surface area contributed by atoms with Crippen LogP contribution in [0.25, 0.3) is 5.65 Å². The SMILES string of the molecule is N#Cc1cnn2ccc(=O)[nH]c12. The molecule has 1 N–H and O–H groups in total. The maximum absolute atomic E-state index is 10.8. The van der Waals surface area contributed by atoms with E-state index in [1.54, 1.807) is 0 Å². The van der Waals surface area contributed by atoms with E-state index in [2.05, 4.69) is 10.1 Å². The van der Waals surface area contributed by atoms with Gasteiger partial charge in [0.05, 0.1) is 6.20 Å². The number of aromatic nitrogens is 3. The van der Waals surface area contributed by atoms with Gasteiger partial charge in [0.1, 0.15) is 11.6 Å². The molecule has 12 heavy (non-hydrogen) atoms. The minimum absolute atomic E-state index is 0.237. The van der Waals surface area contributed by atoms with Gasteiger partial charge >= 0.3 is 0 Å². The fraction of sp³-hybridized carbons (Fsp3) is 0. The molecule has 0 aliphatic rings. The van der Waals surface area contributed by atoms with Crippen molar-refractivity contribution in [3.05, 3.63) is 34.4 Å². The Kier molecular flexibility index (Phi) is 1.21. The zero-order valence-electron chi connectivity index (χ0n) is 5.98. The summed E-state index contributed by atoms with van der Waals surface area (Å²) in [6.07, 6.45) is 2.92. The number of fused-ring (bicyclic) bond motifs is 1. The molecule has 0 spiro atoms. The molecule has 5 heteroatoms. The summed E-state index contributed by atoms with van der Waals surface area (Å²) in [6.45, 7) is 0. The third kappa shape index (κ3) is 0.787. The number of nitrogens with zero attached hydrogens (tertiary/aromatic N) is 3. The van der Waals surface area contributed by atoms with Crippen molar-refractivity contribution in [1.82, 2.24) is 14.6 Å². The van der Waals surface area contributed by atoms with Crippen LogP contribution in [0.1, 0.15) is 5.56 Å². The zero-order chi connectivity index (χ0) is 8.55. The van der Waals surface area contributed by atoms with Crippen molar-refractivity contribution in [2.45, 2.75) is 0 Å². The topological polar surface area (TPSA) is 74.0 Å². The van der Waals surface area contributed by atoms with Crippen LogP contribution in [-0.2, 0) is 0 Å². The van der Waals surface area contributed by atoms with Crippen LogP contribution in [0.2, 0.25) is 0 Å². The summed E-state index contributed by atoms with van der Waals surface area (Å²) in [7, 11) is 0. The molecule has 2 aromatic rings. The second kappa shape index (κ2) is 2.20. The first kappa shape index (κ1) is 6.61. The molecule has 2 heterocycles. The summed E-state index contributed by atoms with van der Waals surface area (Å²) < 4.78 is 1.44. The molecule has 0 unspecified atom stereocenters. The van der Waals surface area contributed by atoms with Gasteiger partial charge in [0.2, 0.25) is 0 Å². The van der Waals surface area contributed by atoms with Crippen molar-refractivity contribution in [3.8, 4) is 6.07 Å². The normalized spacial score (nSPS) is 9.92. The molecule has 0 bridgehead atoms. The van der Waals surface area contributed by atoms with Gasteiger partial charge in [0.15, 0.2) is 5.65 Å². The minimum atomic E-state index is -0.237. The van der Waals surface area contributed by atoms with Gasteiger partial charge < -0.3 is 4.98 Å².